The monoisotopic (exact) mass is 252 g/mol. The van der Waals surface area contributed by atoms with E-state index in [4.69, 9.17) is 11.6 Å². The van der Waals surface area contributed by atoms with E-state index in [-0.39, 0.29) is 5.56 Å². The molecule has 0 saturated heterocycles. The number of Topliss-reactive ketones (excluding diaryl/α,β-unsaturated/α-hetero) is 1. The fraction of sp³-hybridized carbons (Fsp3) is 0.300. The predicted molar refractivity (Wildman–Crippen MR) is 52.3 cm³/mol. The SMILES string of the molecule is CC(=O)C(Cl)c1ccc(F)cc1OC(F)F. The van der Waals surface area contributed by atoms with Crippen molar-refractivity contribution in [3.05, 3.63) is 29.6 Å². The standard InChI is InChI=1S/C10H8ClF3O2/c1-5(15)9(11)7-3-2-6(12)4-8(7)16-10(13)14/h2-4,9-10H,1H3. The lowest BCUT2D eigenvalue weighted by Crippen LogP contribution is -2.09. The van der Waals surface area contributed by atoms with Crippen LogP contribution in [-0.2, 0) is 4.79 Å². The topological polar surface area (TPSA) is 26.3 Å². The maximum absolute atomic E-state index is 12.8. The Bertz CT molecular complexity index is 396. The Balaban J connectivity index is 3.11. The van der Waals surface area contributed by atoms with Crippen LogP contribution in [0.25, 0.3) is 0 Å². The molecule has 1 aromatic carbocycles. The molecule has 0 spiro atoms. The van der Waals surface area contributed by atoms with Gasteiger partial charge in [-0.05, 0) is 13.0 Å². The molecule has 1 aromatic rings. The molecule has 0 heterocycles. The number of ether oxygens (including phenoxy) is 1. The number of rotatable bonds is 4. The molecule has 0 aliphatic carbocycles. The van der Waals surface area contributed by atoms with Crippen molar-refractivity contribution in [2.24, 2.45) is 0 Å². The molecule has 1 unspecified atom stereocenters. The fourth-order valence-corrected chi connectivity index (χ4v) is 1.31. The number of carbonyl (C=O) groups is 1. The van der Waals surface area contributed by atoms with Crippen LogP contribution in [0.15, 0.2) is 18.2 Å². The minimum absolute atomic E-state index is 0.0240. The van der Waals surface area contributed by atoms with Crippen molar-refractivity contribution in [2.75, 3.05) is 0 Å². The molecule has 0 fully saturated rings. The number of hydrogen-bond acceptors (Lipinski definition) is 2. The first kappa shape index (κ1) is 12.8. The second kappa shape index (κ2) is 5.21. The summed E-state index contributed by atoms with van der Waals surface area (Å²) >= 11 is 5.69. The van der Waals surface area contributed by atoms with Gasteiger partial charge in [-0.2, -0.15) is 8.78 Å². The van der Waals surface area contributed by atoms with Crippen LogP contribution in [0.1, 0.15) is 17.9 Å². The normalized spacial score (nSPS) is 12.6. The highest BCUT2D eigenvalue weighted by molar-refractivity contribution is 6.31. The Morgan fingerprint density at radius 3 is 2.56 bits per heavy atom. The summed E-state index contributed by atoms with van der Waals surface area (Å²) < 4.78 is 40.9. The van der Waals surface area contributed by atoms with Crippen LogP contribution in [0.3, 0.4) is 0 Å². The van der Waals surface area contributed by atoms with Crippen molar-refractivity contribution in [3.63, 3.8) is 0 Å². The lowest BCUT2D eigenvalue weighted by atomic mass is 10.1. The van der Waals surface area contributed by atoms with Gasteiger partial charge in [0.25, 0.3) is 0 Å². The van der Waals surface area contributed by atoms with Gasteiger partial charge < -0.3 is 4.74 Å². The van der Waals surface area contributed by atoms with Crippen LogP contribution in [0, 0.1) is 5.82 Å². The third-order valence-corrected chi connectivity index (χ3v) is 2.36. The molecule has 0 N–H and O–H groups in total. The number of halogens is 4. The second-order valence-corrected chi connectivity index (χ2v) is 3.47. The summed E-state index contributed by atoms with van der Waals surface area (Å²) in [6, 6.07) is 2.93. The van der Waals surface area contributed by atoms with Crippen LogP contribution in [0.5, 0.6) is 5.75 Å². The third-order valence-electron chi connectivity index (χ3n) is 1.82. The van der Waals surface area contributed by atoms with E-state index in [0.717, 1.165) is 18.2 Å². The lowest BCUT2D eigenvalue weighted by Gasteiger charge is -2.13. The molecule has 0 bridgehead atoms. The summed E-state index contributed by atoms with van der Waals surface area (Å²) in [5, 5.41) is -1.13. The molecule has 6 heteroatoms. The molecule has 2 nitrogen and oxygen atoms in total. The number of hydrogen-bond donors (Lipinski definition) is 0. The Morgan fingerprint density at radius 2 is 2.06 bits per heavy atom. The van der Waals surface area contributed by atoms with Crippen molar-refractivity contribution < 1.29 is 22.7 Å². The smallest absolute Gasteiger partial charge is 0.387 e. The van der Waals surface area contributed by atoms with Crippen molar-refractivity contribution in [2.45, 2.75) is 18.9 Å². The molecule has 0 saturated carbocycles. The first-order chi connectivity index (χ1) is 7.41. The molecule has 0 aliphatic heterocycles. The highest BCUT2D eigenvalue weighted by atomic mass is 35.5. The van der Waals surface area contributed by atoms with Crippen LogP contribution < -0.4 is 4.74 Å². The maximum Gasteiger partial charge on any atom is 0.387 e. The van der Waals surface area contributed by atoms with E-state index < -0.39 is 29.3 Å². The number of ketones is 1. The summed E-state index contributed by atoms with van der Waals surface area (Å²) in [6.45, 7) is -1.90. The molecule has 0 aromatic heterocycles. The number of carbonyl (C=O) groups excluding carboxylic acids is 1. The zero-order valence-electron chi connectivity index (χ0n) is 8.22. The van der Waals surface area contributed by atoms with E-state index in [9.17, 15) is 18.0 Å². The van der Waals surface area contributed by atoms with Gasteiger partial charge in [0, 0.05) is 11.6 Å². The number of benzene rings is 1. The van der Waals surface area contributed by atoms with E-state index in [1.807, 2.05) is 0 Å². The van der Waals surface area contributed by atoms with Crippen LogP contribution in [0.4, 0.5) is 13.2 Å². The summed E-state index contributed by atoms with van der Waals surface area (Å²) in [4.78, 5) is 11.0. The van der Waals surface area contributed by atoms with E-state index in [1.54, 1.807) is 0 Å². The van der Waals surface area contributed by atoms with Crippen molar-refractivity contribution in [1.29, 1.82) is 0 Å². The van der Waals surface area contributed by atoms with Gasteiger partial charge in [0.05, 0.1) is 0 Å². The van der Waals surface area contributed by atoms with Gasteiger partial charge in [-0.3, -0.25) is 4.79 Å². The zero-order valence-corrected chi connectivity index (χ0v) is 8.97. The fourth-order valence-electron chi connectivity index (χ4n) is 1.13. The minimum Gasteiger partial charge on any atom is -0.434 e. The van der Waals surface area contributed by atoms with Gasteiger partial charge in [-0.15, -0.1) is 11.6 Å². The molecule has 0 amide bonds. The zero-order chi connectivity index (χ0) is 12.3. The predicted octanol–water partition coefficient (Wildman–Crippen LogP) is 3.30. The molecular weight excluding hydrogens is 245 g/mol. The quantitative estimate of drug-likeness (QED) is 0.769. The Hall–Kier alpha value is -1.23. The van der Waals surface area contributed by atoms with Crippen LogP contribution >= 0.6 is 11.6 Å². The van der Waals surface area contributed by atoms with Crippen LogP contribution in [-0.4, -0.2) is 12.4 Å². The number of alkyl halides is 3. The first-order valence-electron chi connectivity index (χ1n) is 4.30. The van der Waals surface area contributed by atoms with E-state index in [2.05, 4.69) is 4.74 Å². The van der Waals surface area contributed by atoms with Crippen molar-refractivity contribution >= 4 is 17.4 Å². The largest absolute Gasteiger partial charge is 0.434 e. The second-order valence-electron chi connectivity index (χ2n) is 3.03. The Labute approximate surface area is 95.0 Å². The van der Waals surface area contributed by atoms with E-state index in [0.29, 0.717) is 0 Å². The van der Waals surface area contributed by atoms with Crippen molar-refractivity contribution in [3.8, 4) is 5.75 Å². The summed E-state index contributed by atoms with van der Waals surface area (Å²) in [5.74, 6) is -1.61. The summed E-state index contributed by atoms with van der Waals surface area (Å²) in [5.41, 5.74) is 0.0240. The molecule has 0 aliphatic rings. The minimum atomic E-state index is -3.10. The first-order valence-corrected chi connectivity index (χ1v) is 4.74. The molecule has 1 rings (SSSR count). The van der Waals surface area contributed by atoms with E-state index in [1.165, 1.54) is 6.92 Å². The van der Waals surface area contributed by atoms with Gasteiger partial charge in [0.15, 0.2) is 5.78 Å². The average Bonchev–Trinajstić information content (AvgIpc) is 2.15. The van der Waals surface area contributed by atoms with Gasteiger partial charge in [-0.25, -0.2) is 4.39 Å². The molecule has 16 heavy (non-hydrogen) atoms. The van der Waals surface area contributed by atoms with Gasteiger partial charge >= 0.3 is 6.61 Å². The van der Waals surface area contributed by atoms with Gasteiger partial charge in [0.2, 0.25) is 0 Å². The van der Waals surface area contributed by atoms with Gasteiger partial charge in [0.1, 0.15) is 16.9 Å². The highest BCUT2D eigenvalue weighted by Crippen LogP contribution is 2.32. The summed E-state index contributed by atoms with van der Waals surface area (Å²) in [6.07, 6.45) is 0. The van der Waals surface area contributed by atoms with E-state index >= 15 is 0 Å². The molecule has 0 radical (unpaired) electrons. The van der Waals surface area contributed by atoms with Crippen molar-refractivity contribution in [1.82, 2.24) is 0 Å². The maximum atomic E-state index is 12.8. The molecule has 88 valence electrons. The Kier molecular flexibility index (Phi) is 4.18. The Morgan fingerprint density at radius 1 is 1.44 bits per heavy atom. The summed E-state index contributed by atoms with van der Waals surface area (Å²) in [7, 11) is 0. The molecule has 1 atom stereocenters. The lowest BCUT2D eigenvalue weighted by molar-refractivity contribution is -0.116. The third kappa shape index (κ3) is 3.13. The average molecular weight is 253 g/mol. The van der Waals surface area contributed by atoms with Crippen LogP contribution in [0.2, 0.25) is 0 Å². The van der Waals surface area contributed by atoms with Gasteiger partial charge in [-0.1, -0.05) is 6.07 Å². The molecular formula is C10H8ClF3O2. The highest BCUT2D eigenvalue weighted by Gasteiger charge is 2.20.